The molecule has 0 atom stereocenters. The number of aryl methyl sites for hydroxylation is 1. The molecule has 5 nitrogen and oxygen atoms in total. The van der Waals surface area contributed by atoms with Gasteiger partial charge in [0.15, 0.2) is 0 Å². The molecule has 0 amide bonds. The number of alkyl halides is 3. The maximum Gasteiger partial charge on any atom is 0.490 e. The molecule has 2 heterocycles. The molecule has 1 aromatic carbocycles. The van der Waals surface area contributed by atoms with Crippen molar-refractivity contribution in [3.8, 4) is 11.3 Å². The van der Waals surface area contributed by atoms with Gasteiger partial charge in [-0.2, -0.15) is 18.3 Å². The first-order valence-corrected chi connectivity index (χ1v) is 8.53. The zero-order valence-electron chi connectivity index (χ0n) is 14.9. The second kappa shape index (κ2) is 7.16. The van der Waals surface area contributed by atoms with Crippen LogP contribution in [0.15, 0.2) is 24.4 Å². The van der Waals surface area contributed by atoms with Crippen LogP contribution in [0.3, 0.4) is 0 Å². The summed E-state index contributed by atoms with van der Waals surface area (Å²) >= 11 is 0. The number of hydrogen-bond acceptors (Lipinski definition) is 3. The third-order valence-electron chi connectivity index (χ3n) is 5.05. The van der Waals surface area contributed by atoms with Crippen molar-refractivity contribution in [2.45, 2.75) is 32.0 Å². The summed E-state index contributed by atoms with van der Waals surface area (Å²) in [5.74, 6) is -3.63. The summed E-state index contributed by atoms with van der Waals surface area (Å²) in [7, 11) is 0. The number of hydrogen-bond donors (Lipinski definition) is 2. The van der Waals surface area contributed by atoms with Crippen molar-refractivity contribution in [3.05, 3.63) is 41.6 Å². The first kappa shape index (κ1) is 20.2. The summed E-state index contributed by atoms with van der Waals surface area (Å²) in [6.45, 7) is 4.08. The second-order valence-electron chi connectivity index (χ2n) is 7.23. The van der Waals surface area contributed by atoms with Gasteiger partial charge in [-0.05, 0) is 48.9 Å². The molecule has 0 radical (unpaired) electrons. The van der Waals surface area contributed by atoms with E-state index in [1.165, 1.54) is 6.07 Å². The Morgan fingerprint density at radius 2 is 1.89 bits per heavy atom. The lowest BCUT2D eigenvalue weighted by molar-refractivity contribution is -0.192. The monoisotopic (exact) mass is 403 g/mol. The lowest BCUT2D eigenvalue weighted by Crippen LogP contribution is -2.60. The van der Waals surface area contributed by atoms with Crippen LogP contribution in [0.2, 0.25) is 0 Å². The third kappa shape index (κ3) is 4.01. The van der Waals surface area contributed by atoms with E-state index in [1.807, 2.05) is 17.8 Å². The molecular weight excluding hydrogens is 385 g/mol. The Morgan fingerprint density at radius 1 is 1.29 bits per heavy atom. The molecule has 10 heteroatoms. The first-order chi connectivity index (χ1) is 13.0. The zero-order valence-corrected chi connectivity index (χ0v) is 14.9. The van der Waals surface area contributed by atoms with Gasteiger partial charge in [-0.1, -0.05) is 0 Å². The molecule has 1 aliphatic heterocycles. The second-order valence-corrected chi connectivity index (χ2v) is 7.23. The van der Waals surface area contributed by atoms with Crippen molar-refractivity contribution in [3.63, 3.8) is 0 Å². The smallest absolute Gasteiger partial charge is 0.475 e. The number of aliphatic carboxylic acids is 1. The zero-order chi connectivity index (χ0) is 20.7. The van der Waals surface area contributed by atoms with E-state index in [4.69, 9.17) is 9.90 Å². The van der Waals surface area contributed by atoms with Crippen molar-refractivity contribution in [2.24, 2.45) is 5.41 Å². The normalized spacial score (nSPS) is 18.1. The first-order valence-electron chi connectivity index (χ1n) is 8.53. The number of nitrogens with one attached hydrogen (secondary N) is 1. The fourth-order valence-corrected chi connectivity index (χ4v) is 3.51. The Morgan fingerprint density at radius 3 is 2.39 bits per heavy atom. The van der Waals surface area contributed by atoms with Crippen LogP contribution in [0.5, 0.6) is 0 Å². The average molecular weight is 403 g/mol. The minimum absolute atomic E-state index is 0.241. The van der Waals surface area contributed by atoms with Crippen LogP contribution in [0.4, 0.5) is 22.0 Å². The highest BCUT2D eigenvalue weighted by Crippen LogP contribution is 2.50. The van der Waals surface area contributed by atoms with E-state index in [2.05, 4.69) is 10.4 Å². The largest absolute Gasteiger partial charge is 0.490 e. The van der Waals surface area contributed by atoms with Gasteiger partial charge in [0.05, 0.1) is 11.7 Å². The van der Waals surface area contributed by atoms with E-state index in [-0.39, 0.29) is 5.56 Å². The highest BCUT2D eigenvalue weighted by Gasteiger charge is 2.49. The number of carbonyl (C=O) groups is 1. The molecule has 152 valence electrons. The Kier molecular flexibility index (Phi) is 5.18. The van der Waals surface area contributed by atoms with Crippen LogP contribution < -0.4 is 5.32 Å². The topological polar surface area (TPSA) is 67.2 Å². The fourth-order valence-electron chi connectivity index (χ4n) is 3.51. The van der Waals surface area contributed by atoms with Gasteiger partial charge in [-0.3, -0.25) is 4.68 Å². The number of nitrogens with zero attached hydrogens (tertiary/aromatic N) is 2. The number of carboxylic acids is 1. The van der Waals surface area contributed by atoms with Crippen molar-refractivity contribution in [1.82, 2.24) is 15.1 Å². The predicted molar refractivity (Wildman–Crippen MR) is 89.6 cm³/mol. The van der Waals surface area contributed by atoms with Crippen LogP contribution in [-0.2, 0) is 4.79 Å². The van der Waals surface area contributed by atoms with Gasteiger partial charge >= 0.3 is 12.1 Å². The predicted octanol–water partition coefficient (Wildman–Crippen LogP) is 3.69. The fraction of sp³-hybridized carbons (Fsp3) is 0.444. The van der Waals surface area contributed by atoms with Crippen molar-refractivity contribution in [2.75, 3.05) is 13.1 Å². The molecule has 1 saturated heterocycles. The van der Waals surface area contributed by atoms with E-state index in [1.54, 1.807) is 0 Å². The molecule has 4 rings (SSSR count). The molecule has 1 aliphatic carbocycles. The highest BCUT2D eigenvalue weighted by atomic mass is 19.4. The lowest BCUT2D eigenvalue weighted by atomic mass is 9.62. The maximum atomic E-state index is 13.9. The summed E-state index contributed by atoms with van der Waals surface area (Å²) in [4.78, 5) is 8.90. The van der Waals surface area contributed by atoms with Gasteiger partial charge in [-0.15, -0.1) is 0 Å². The van der Waals surface area contributed by atoms with Crippen LogP contribution in [-0.4, -0.2) is 40.1 Å². The Balaban J connectivity index is 0.000000279. The Hall–Kier alpha value is -2.49. The molecule has 2 fully saturated rings. The van der Waals surface area contributed by atoms with Crippen molar-refractivity contribution < 1.29 is 31.9 Å². The number of halogens is 5. The minimum atomic E-state index is -5.08. The van der Waals surface area contributed by atoms with Gasteiger partial charge in [0.2, 0.25) is 0 Å². The van der Waals surface area contributed by atoms with Crippen LogP contribution in [0.25, 0.3) is 11.3 Å². The molecule has 2 N–H and O–H groups in total. The Labute approximate surface area is 157 Å². The van der Waals surface area contributed by atoms with E-state index in [0.29, 0.717) is 17.2 Å². The summed E-state index contributed by atoms with van der Waals surface area (Å²) < 4.78 is 60.9. The van der Waals surface area contributed by atoms with Crippen LogP contribution >= 0.6 is 0 Å². The van der Waals surface area contributed by atoms with Crippen LogP contribution in [0.1, 0.15) is 24.4 Å². The molecular formula is C18H18F5N3O2. The SMILES string of the molecule is Cc1cn(C2CC3(CNC3)C2)nc1-c1cc(F)ccc1F.O=C(O)C(F)(F)F. The molecule has 28 heavy (non-hydrogen) atoms. The summed E-state index contributed by atoms with van der Waals surface area (Å²) in [5.41, 5.74) is 2.13. The molecule has 2 aliphatic rings. The minimum Gasteiger partial charge on any atom is -0.475 e. The molecule has 1 saturated carbocycles. The van der Waals surface area contributed by atoms with Gasteiger partial charge in [0, 0.05) is 24.8 Å². The van der Waals surface area contributed by atoms with Crippen molar-refractivity contribution in [1.29, 1.82) is 0 Å². The van der Waals surface area contributed by atoms with E-state index < -0.39 is 23.8 Å². The number of rotatable bonds is 2. The number of aromatic nitrogens is 2. The quantitative estimate of drug-likeness (QED) is 0.751. The molecule has 1 aromatic heterocycles. The summed E-state index contributed by atoms with van der Waals surface area (Å²) in [6.07, 6.45) is -0.901. The van der Waals surface area contributed by atoms with Gasteiger partial charge in [0.25, 0.3) is 0 Å². The highest BCUT2D eigenvalue weighted by molar-refractivity contribution is 5.73. The van der Waals surface area contributed by atoms with Crippen LogP contribution in [0, 0.1) is 24.0 Å². The summed E-state index contributed by atoms with van der Waals surface area (Å²) in [5, 5.41) is 15.0. The van der Waals surface area contributed by atoms with E-state index >= 15 is 0 Å². The van der Waals surface area contributed by atoms with Gasteiger partial charge in [-0.25, -0.2) is 13.6 Å². The molecule has 0 unspecified atom stereocenters. The maximum absolute atomic E-state index is 13.9. The lowest BCUT2D eigenvalue weighted by Gasteiger charge is -2.54. The van der Waals surface area contributed by atoms with Gasteiger partial charge in [0.1, 0.15) is 11.6 Å². The van der Waals surface area contributed by atoms with Crippen molar-refractivity contribution >= 4 is 5.97 Å². The standard InChI is InChI=1S/C16H17F2N3.C2HF3O2/c1-10-7-21(12-5-16(6-12)8-19-9-16)20-15(10)13-4-11(17)2-3-14(13)18;3-2(4,5)1(6)7/h2-4,7,12,19H,5-6,8-9H2,1H3;(H,6,7). The summed E-state index contributed by atoms with van der Waals surface area (Å²) in [6, 6.07) is 3.88. The molecule has 0 bridgehead atoms. The average Bonchev–Trinajstić information content (AvgIpc) is 2.88. The third-order valence-corrected chi connectivity index (χ3v) is 5.05. The van der Waals surface area contributed by atoms with Gasteiger partial charge < -0.3 is 10.4 Å². The number of carboxylic acid groups (broad SMARTS) is 1. The molecule has 1 spiro atoms. The van der Waals surface area contributed by atoms with E-state index in [0.717, 1.165) is 43.6 Å². The Bertz CT molecular complexity index is 882. The molecule has 2 aromatic rings. The number of benzene rings is 1. The van der Waals surface area contributed by atoms with E-state index in [9.17, 15) is 22.0 Å².